The molecule has 0 aliphatic rings. The molecule has 3 N–H and O–H groups in total. The number of hydrogen-bond donors (Lipinski definition) is 3. The van der Waals surface area contributed by atoms with Crippen LogP contribution in [0.2, 0.25) is 0 Å². The van der Waals surface area contributed by atoms with Gasteiger partial charge in [0.15, 0.2) is 0 Å². The molecule has 0 aliphatic carbocycles. The van der Waals surface area contributed by atoms with Gasteiger partial charge in [0.2, 0.25) is 5.88 Å². The molecule has 0 bridgehead atoms. The molecule has 0 radical (unpaired) electrons. The topological polar surface area (TPSA) is 117 Å². The number of H-pyrrole nitrogens is 1. The Morgan fingerprint density at radius 2 is 1.71 bits per heavy atom. The normalized spacial score (nSPS) is 11.3. The summed E-state index contributed by atoms with van der Waals surface area (Å²) in [7, 11) is 0. The van der Waals surface area contributed by atoms with Crippen LogP contribution in [0.25, 0.3) is 5.69 Å². The van der Waals surface area contributed by atoms with Gasteiger partial charge < -0.3 is 5.11 Å². The maximum absolute atomic E-state index is 12.2. The fourth-order valence-corrected chi connectivity index (χ4v) is 2.63. The number of aromatic hydroxyl groups is 1. The number of amides is 1. The SMILES string of the molecule is CC(=NNC(=O)c1ccccc1)c1c(O)n(-c2ccc(C)cc2)c(=O)[nH]c1=O. The zero-order valence-corrected chi connectivity index (χ0v) is 15.3. The van der Waals surface area contributed by atoms with Crippen LogP contribution in [0.15, 0.2) is 69.3 Å². The number of nitrogens with zero attached hydrogens (tertiary/aromatic N) is 2. The van der Waals surface area contributed by atoms with E-state index in [1.807, 2.05) is 6.92 Å². The van der Waals surface area contributed by atoms with Crippen LogP contribution < -0.4 is 16.7 Å². The third kappa shape index (κ3) is 3.75. The predicted octanol–water partition coefficient (Wildman–Crippen LogP) is 1.69. The van der Waals surface area contributed by atoms with E-state index in [2.05, 4.69) is 15.5 Å². The largest absolute Gasteiger partial charge is 0.493 e. The Kier molecular flexibility index (Phi) is 5.21. The molecule has 0 saturated heterocycles. The van der Waals surface area contributed by atoms with Gasteiger partial charge in [0.1, 0.15) is 5.56 Å². The molecule has 1 amide bonds. The standard InChI is InChI=1S/C20H18N4O4/c1-12-8-10-15(11-9-12)24-19(27)16(18(26)21-20(24)28)13(2)22-23-17(25)14-6-4-3-5-7-14/h3-11,27H,1-2H3,(H,23,25)(H,21,26,28). The van der Waals surface area contributed by atoms with Crippen molar-refractivity contribution in [3.05, 3.63) is 92.1 Å². The van der Waals surface area contributed by atoms with Crippen LogP contribution in [0.3, 0.4) is 0 Å². The van der Waals surface area contributed by atoms with E-state index >= 15 is 0 Å². The summed E-state index contributed by atoms with van der Waals surface area (Å²) in [5, 5.41) is 14.5. The van der Waals surface area contributed by atoms with Gasteiger partial charge in [0, 0.05) is 5.56 Å². The first-order chi connectivity index (χ1) is 13.4. The number of hydrogen-bond acceptors (Lipinski definition) is 5. The summed E-state index contributed by atoms with van der Waals surface area (Å²) in [6, 6.07) is 15.2. The van der Waals surface area contributed by atoms with Crippen LogP contribution >= 0.6 is 0 Å². The lowest BCUT2D eigenvalue weighted by atomic mass is 10.2. The molecule has 1 heterocycles. The Morgan fingerprint density at radius 1 is 1.07 bits per heavy atom. The van der Waals surface area contributed by atoms with Gasteiger partial charge in [-0.25, -0.2) is 14.8 Å². The van der Waals surface area contributed by atoms with Gasteiger partial charge >= 0.3 is 5.69 Å². The molecule has 0 unspecified atom stereocenters. The molecule has 0 atom stereocenters. The highest BCUT2D eigenvalue weighted by Gasteiger charge is 2.18. The Morgan fingerprint density at radius 3 is 2.36 bits per heavy atom. The smallest absolute Gasteiger partial charge is 0.335 e. The minimum Gasteiger partial charge on any atom is -0.493 e. The summed E-state index contributed by atoms with van der Waals surface area (Å²) in [5.41, 5.74) is 2.32. The number of carbonyl (C=O) groups is 1. The van der Waals surface area contributed by atoms with E-state index in [0.29, 0.717) is 11.3 Å². The highest BCUT2D eigenvalue weighted by atomic mass is 16.3. The third-order valence-electron chi connectivity index (χ3n) is 4.10. The highest BCUT2D eigenvalue weighted by Crippen LogP contribution is 2.17. The van der Waals surface area contributed by atoms with Crippen molar-refractivity contribution < 1.29 is 9.90 Å². The lowest BCUT2D eigenvalue weighted by Gasteiger charge is -2.11. The molecular weight excluding hydrogens is 360 g/mol. The Bertz CT molecular complexity index is 1160. The third-order valence-corrected chi connectivity index (χ3v) is 4.10. The van der Waals surface area contributed by atoms with Crippen LogP contribution in [0.4, 0.5) is 0 Å². The molecule has 28 heavy (non-hydrogen) atoms. The summed E-state index contributed by atoms with van der Waals surface area (Å²) >= 11 is 0. The van der Waals surface area contributed by atoms with Gasteiger partial charge in [-0.1, -0.05) is 35.9 Å². The van der Waals surface area contributed by atoms with Crippen molar-refractivity contribution in [1.29, 1.82) is 0 Å². The number of carbonyl (C=O) groups excluding carboxylic acids is 1. The number of nitrogens with one attached hydrogen (secondary N) is 2. The molecular formula is C20H18N4O4. The first kappa shape index (κ1) is 18.8. The van der Waals surface area contributed by atoms with Crippen molar-refractivity contribution in [2.24, 2.45) is 5.10 Å². The summed E-state index contributed by atoms with van der Waals surface area (Å²) in [5.74, 6) is -1.03. The first-order valence-electron chi connectivity index (χ1n) is 8.44. The Labute approximate surface area is 159 Å². The first-order valence-corrected chi connectivity index (χ1v) is 8.44. The fourth-order valence-electron chi connectivity index (χ4n) is 2.63. The molecule has 0 saturated carbocycles. The zero-order valence-electron chi connectivity index (χ0n) is 15.3. The molecule has 0 spiro atoms. The van der Waals surface area contributed by atoms with Crippen molar-refractivity contribution in [2.75, 3.05) is 0 Å². The van der Waals surface area contributed by atoms with Gasteiger partial charge in [0.05, 0.1) is 11.4 Å². The van der Waals surface area contributed by atoms with Crippen LogP contribution in [0, 0.1) is 6.92 Å². The highest BCUT2D eigenvalue weighted by molar-refractivity contribution is 6.02. The van der Waals surface area contributed by atoms with Gasteiger partial charge in [0.25, 0.3) is 11.5 Å². The molecule has 3 rings (SSSR count). The summed E-state index contributed by atoms with van der Waals surface area (Å²) < 4.78 is 0.966. The number of benzene rings is 2. The molecule has 1 aromatic heterocycles. The maximum Gasteiger partial charge on any atom is 0.335 e. The van der Waals surface area contributed by atoms with Crippen molar-refractivity contribution in [3.8, 4) is 11.6 Å². The summed E-state index contributed by atoms with van der Waals surface area (Å²) in [6.45, 7) is 3.33. The average molecular weight is 378 g/mol. The quantitative estimate of drug-likeness (QED) is 0.473. The average Bonchev–Trinajstić information content (AvgIpc) is 2.68. The number of aromatic amines is 1. The minimum atomic E-state index is -0.805. The molecule has 142 valence electrons. The van der Waals surface area contributed by atoms with Gasteiger partial charge in [-0.2, -0.15) is 5.10 Å². The monoisotopic (exact) mass is 378 g/mol. The maximum atomic E-state index is 12.2. The van der Waals surface area contributed by atoms with E-state index in [0.717, 1.165) is 10.1 Å². The lowest BCUT2D eigenvalue weighted by Crippen LogP contribution is -2.33. The Balaban J connectivity index is 2.00. The zero-order chi connectivity index (χ0) is 20.3. The van der Waals surface area contributed by atoms with Crippen molar-refractivity contribution in [3.63, 3.8) is 0 Å². The minimum absolute atomic E-state index is 0.0453. The molecule has 8 heteroatoms. The summed E-state index contributed by atoms with van der Waals surface area (Å²) in [4.78, 5) is 38.7. The van der Waals surface area contributed by atoms with Gasteiger partial charge in [-0.05, 0) is 38.1 Å². The van der Waals surface area contributed by atoms with Crippen LogP contribution in [0.5, 0.6) is 5.88 Å². The molecule has 8 nitrogen and oxygen atoms in total. The van der Waals surface area contributed by atoms with E-state index in [9.17, 15) is 19.5 Å². The van der Waals surface area contributed by atoms with Gasteiger partial charge in [-0.15, -0.1) is 0 Å². The fraction of sp³-hybridized carbons (Fsp3) is 0.100. The van der Waals surface area contributed by atoms with E-state index in [4.69, 9.17) is 0 Å². The number of aryl methyl sites for hydroxylation is 1. The van der Waals surface area contributed by atoms with E-state index < -0.39 is 23.0 Å². The van der Waals surface area contributed by atoms with Crippen LogP contribution in [0.1, 0.15) is 28.4 Å². The van der Waals surface area contributed by atoms with Crippen LogP contribution in [-0.2, 0) is 0 Å². The van der Waals surface area contributed by atoms with Crippen molar-refractivity contribution >= 4 is 11.6 Å². The number of rotatable bonds is 4. The van der Waals surface area contributed by atoms with E-state index in [1.165, 1.54) is 6.92 Å². The number of aromatic nitrogens is 2. The van der Waals surface area contributed by atoms with Crippen LogP contribution in [-0.4, -0.2) is 26.3 Å². The Hall–Kier alpha value is -3.94. The number of hydrazone groups is 1. The lowest BCUT2D eigenvalue weighted by molar-refractivity contribution is 0.0955. The van der Waals surface area contributed by atoms with Crippen molar-refractivity contribution in [1.82, 2.24) is 15.0 Å². The molecule has 0 aliphatic heterocycles. The van der Waals surface area contributed by atoms with Gasteiger partial charge in [-0.3, -0.25) is 14.6 Å². The second-order valence-corrected chi connectivity index (χ2v) is 6.13. The second-order valence-electron chi connectivity index (χ2n) is 6.13. The summed E-state index contributed by atoms with van der Waals surface area (Å²) in [6.07, 6.45) is 0. The molecule has 3 aromatic rings. The van der Waals surface area contributed by atoms with E-state index in [-0.39, 0.29) is 11.3 Å². The van der Waals surface area contributed by atoms with E-state index in [1.54, 1.807) is 54.6 Å². The molecule has 2 aromatic carbocycles. The molecule has 0 fully saturated rings. The van der Waals surface area contributed by atoms with Crippen molar-refractivity contribution in [2.45, 2.75) is 13.8 Å². The predicted molar refractivity (Wildman–Crippen MR) is 105 cm³/mol. The second kappa shape index (κ2) is 7.75.